The Morgan fingerprint density at radius 2 is 1.64 bits per heavy atom. The van der Waals surface area contributed by atoms with Gasteiger partial charge in [0.2, 0.25) is 0 Å². The van der Waals surface area contributed by atoms with Crippen LogP contribution in [0.25, 0.3) is 0 Å². The molecule has 5 heteroatoms. The summed E-state index contributed by atoms with van der Waals surface area (Å²) in [6, 6.07) is 0.164. The second kappa shape index (κ2) is 13.9. The fourth-order valence-corrected chi connectivity index (χ4v) is 5.84. The largest absolute Gasteiger partial charge is 0.364 e. The molecule has 2 unspecified atom stereocenters. The van der Waals surface area contributed by atoms with Crippen molar-refractivity contribution >= 4 is 17.2 Å². The lowest BCUT2D eigenvalue weighted by atomic mass is 9.76. The summed E-state index contributed by atoms with van der Waals surface area (Å²) in [5, 5.41) is 0. The lowest BCUT2D eigenvalue weighted by molar-refractivity contribution is 0.187. The number of thiocarbonyl (C=S) groups is 1. The van der Waals surface area contributed by atoms with Gasteiger partial charge < -0.3 is 14.7 Å². The average Bonchev–Trinajstić information content (AvgIpc) is 2.87. The van der Waals surface area contributed by atoms with E-state index in [2.05, 4.69) is 46.9 Å². The third-order valence-electron chi connectivity index (χ3n) is 7.19. The topological polar surface area (TPSA) is 9.72 Å². The SMILES string of the molecule is CC.CC.CC1=CC(F)=CCC1C1CCN(C(=S)C2C=CC=C(N3CCCCC3)N2C)CC1. The molecule has 4 rings (SSSR count). The molecule has 2 atom stereocenters. The van der Waals surface area contributed by atoms with Crippen molar-refractivity contribution in [2.24, 2.45) is 11.8 Å². The number of allylic oxidation sites excluding steroid dienone is 6. The van der Waals surface area contributed by atoms with E-state index < -0.39 is 0 Å². The molecule has 3 aliphatic heterocycles. The van der Waals surface area contributed by atoms with E-state index in [1.165, 1.54) is 30.7 Å². The van der Waals surface area contributed by atoms with Crippen LogP contribution in [0.3, 0.4) is 0 Å². The van der Waals surface area contributed by atoms with Gasteiger partial charge in [0.1, 0.15) is 16.6 Å². The average molecular weight is 476 g/mol. The molecule has 0 saturated carbocycles. The Balaban J connectivity index is 0.000000914. The first kappa shape index (κ1) is 27.6. The number of piperidine rings is 2. The summed E-state index contributed by atoms with van der Waals surface area (Å²) in [7, 11) is 2.19. The number of halogens is 1. The Kier molecular flexibility index (Phi) is 11.7. The van der Waals surface area contributed by atoms with Gasteiger partial charge in [-0.05, 0) is 75.5 Å². The van der Waals surface area contributed by atoms with Gasteiger partial charge in [-0.25, -0.2) is 4.39 Å². The molecule has 0 amide bonds. The van der Waals surface area contributed by atoms with Crippen LogP contribution in [0, 0.1) is 11.8 Å². The Hall–Kier alpha value is -1.62. The molecule has 0 radical (unpaired) electrons. The maximum Gasteiger partial charge on any atom is 0.119 e. The van der Waals surface area contributed by atoms with Crippen LogP contribution in [0.4, 0.5) is 4.39 Å². The summed E-state index contributed by atoms with van der Waals surface area (Å²) >= 11 is 5.98. The van der Waals surface area contributed by atoms with Gasteiger partial charge in [-0.3, -0.25) is 0 Å². The fraction of sp³-hybridized carbons (Fsp3) is 0.679. The van der Waals surface area contributed by atoms with Crippen molar-refractivity contribution in [2.75, 3.05) is 33.2 Å². The molecule has 0 N–H and O–H groups in total. The quantitative estimate of drug-likeness (QED) is 0.403. The fourth-order valence-electron chi connectivity index (χ4n) is 5.42. The monoisotopic (exact) mass is 475 g/mol. The predicted octanol–water partition coefficient (Wildman–Crippen LogP) is 7.10. The van der Waals surface area contributed by atoms with Crippen LogP contribution in [0.2, 0.25) is 0 Å². The van der Waals surface area contributed by atoms with Gasteiger partial charge in [-0.1, -0.05) is 57.6 Å². The number of likely N-dealkylation sites (N-methyl/N-ethyl adjacent to an activating group) is 1. The highest BCUT2D eigenvalue weighted by molar-refractivity contribution is 7.80. The molecule has 4 aliphatic rings. The van der Waals surface area contributed by atoms with Crippen LogP contribution in [0.15, 0.2) is 47.6 Å². The highest BCUT2D eigenvalue weighted by Crippen LogP contribution is 2.36. The Bertz CT molecular complexity index is 740. The number of hydrogen-bond acceptors (Lipinski definition) is 3. The summed E-state index contributed by atoms with van der Waals surface area (Å²) in [4.78, 5) is 8.34. The van der Waals surface area contributed by atoms with Gasteiger partial charge in [0.15, 0.2) is 0 Å². The molecule has 186 valence electrons. The lowest BCUT2D eigenvalue weighted by Crippen LogP contribution is -2.51. The molecule has 2 saturated heterocycles. The molecule has 0 aromatic heterocycles. The van der Waals surface area contributed by atoms with E-state index in [1.54, 1.807) is 12.2 Å². The van der Waals surface area contributed by atoms with E-state index in [9.17, 15) is 4.39 Å². The van der Waals surface area contributed by atoms with E-state index in [1.807, 2.05) is 27.7 Å². The van der Waals surface area contributed by atoms with Gasteiger partial charge in [-0.2, -0.15) is 0 Å². The van der Waals surface area contributed by atoms with Crippen molar-refractivity contribution in [1.29, 1.82) is 0 Å². The number of nitrogens with zero attached hydrogens (tertiary/aromatic N) is 3. The van der Waals surface area contributed by atoms with Crippen molar-refractivity contribution in [2.45, 2.75) is 79.2 Å². The van der Waals surface area contributed by atoms with Crippen LogP contribution in [0.5, 0.6) is 0 Å². The van der Waals surface area contributed by atoms with Gasteiger partial charge in [0, 0.05) is 33.2 Å². The van der Waals surface area contributed by atoms with Crippen molar-refractivity contribution in [3.05, 3.63) is 47.6 Å². The first-order chi connectivity index (χ1) is 16.0. The molecular formula is C28H46FN3S. The molecule has 1 aliphatic carbocycles. The van der Waals surface area contributed by atoms with Crippen LogP contribution < -0.4 is 0 Å². The highest BCUT2D eigenvalue weighted by atomic mass is 32.1. The molecule has 2 fully saturated rings. The Labute approximate surface area is 208 Å². The molecule has 3 nitrogen and oxygen atoms in total. The smallest absolute Gasteiger partial charge is 0.119 e. The summed E-state index contributed by atoms with van der Waals surface area (Å²) in [6.07, 6.45) is 17.2. The Morgan fingerprint density at radius 3 is 2.24 bits per heavy atom. The summed E-state index contributed by atoms with van der Waals surface area (Å²) < 4.78 is 13.5. The molecular weight excluding hydrogens is 429 g/mol. The van der Waals surface area contributed by atoms with Crippen molar-refractivity contribution in [3.63, 3.8) is 0 Å². The third-order valence-corrected chi connectivity index (χ3v) is 7.69. The van der Waals surface area contributed by atoms with Gasteiger partial charge in [-0.15, -0.1) is 0 Å². The van der Waals surface area contributed by atoms with Gasteiger partial charge in [0.25, 0.3) is 0 Å². The molecule has 0 bridgehead atoms. The van der Waals surface area contributed by atoms with Crippen molar-refractivity contribution in [3.8, 4) is 0 Å². The first-order valence-electron chi connectivity index (χ1n) is 13.2. The zero-order valence-electron chi connectivity index (χ0n) is 21.8. The molecule has 3 heterocycles. The van der Waals surface area contributed by atoms with E-state index in [4.69, 9.17) is 12.2 Å². The van der Waals surface area contributed by atoms with Crippen LogP contribution >= 0.6 is 12.2 Å². The molecule has 0 spiro atoms. The molecule has 33 heavy (non-hydrogen) atoms. The predicted molar refractivity (Wildman–Crippen MR) is 145 cm³/mol. The van der Waals surface area contributed by atoms with Crippen molar-refractivity contribution < 1.29 is 4.39 Å². The number of likely N-dealkylation sites (tertiary alicyclic amines) is 2. The zero-order chi connectivity index (χ0) is 24.4. The molecule has 0 aromatic carbocycles. The van der Waals surface area contributed by atoms with Crippen LogP contribution in [-0.4, -0.2) is 59.0 Å². The van der Waals surface area contributed by atoms with Crippen LogP contribution in [0.1, 0.15) is 73.1 Å². The van der Waals surface area contributed by atoms with E-state index in [0.717, 1.165) is 50.4 Å². The molecule has 0 aromatic rings. The summed E-state index contributed by atoms with van der Waals surface area (Å²) in [5.74, 6) is 2.38. The minimum Gasteiger partial charge on any atom is -0.364 e. The van der Waals surface area contributed by atoms with Gasteiger partial charge in [0.05, 0.1) is 6.04 Å². The Morgan fingerprint density at radius 1 is 1.00 bits per heavy atom. The highest BCUT2D eigenvalue weighted by Gasteiger charge is 2.33. The minimum atomic E-state index is -0.0675. The van der Waals surface area contributed by atoms with E-state index in [0.29, 0.717) is 11.8 Å². The maximum absolute atomic E-state index is 13.5. The van der Waals surface area contributed by atoms with E-state index >= 15 is 0 Å². The third kappa shape index (κ3) is 6.94. The van der Waals surface area contributed by atoms with Gasteiger partial charge >= 0.3 is 0 Å². The first-order valence-corrected chi connectivity index (χ1v) is 13.6. The normalized spacial score (nSPS) is 25.7. The van der Waals surface area contributed by atoms with E-state index in [-0.39, 0.29) is 11.9 Å². The standard InChI is InChI=1S/C24H34FN3S.2C2H6/c1-18-17-20(25)9-10-21(18)19-11-15-28(16-12-19)24(29)22-7-6-8-23(26(22)2)27-13-4-3-5-14-27;2*1-2/h6-9,17,19,21-22H,3-5,10-16H2,1-2H3;2*1-2H3. The second-order valence-electron chi connectivity index (χ2n) is 9.00. The lowest BCUT2D eigenvalue weighted by Gasteiger charge is -2.44. The second-order valence-corrected chi connectivity index (χ2v) is 9.41. The number of rotatable bonds is 3. The van der Waals surface area contributed by atoms with Crippen molar-refractivity contribution in [1.82, 2.24) is 14.7 Å². The zero-order valence-corrected chi connectivity index (χ0v) is 22.6. The van der Waals surface area contributed by atoms with Crippen LogP contribution in [-0.2, 0) is 0 Å². The number of hydrogen-bond donors (Lipinski definition) is 0. The minimum absolute atomic E-state index is 0.0675. The maximum atomic E-state index is 13.5. The summed E-state index contributed by atoms with van der Waals surface area (Å²) in [5.41, 5.74) is 1.21. The summed E-state index contributed by atoms with van der Waals surface area (Å²) in [6.45, 7) is 14.4.